The van der Waals surface area contributed by atoms with Gasteiger partial charge in [-0.1, -0.05) is 0 Å². The minimum absolute atomic E-state index is 0.109. The zero-order chi connectivity index (χ0) is 19.7. The maximum absolute atomic E-state index is 11.2. The Bertz CT molecular complexity index is 957. The van der Waals surface area contributed by atoms with Crippen LogP contribution in [0.2, 0.25) is 0 Å². The van der Waals surface area contributed by atoms with Crippen molar-refractivity contribution in [3.05, 3.63) is 67.3 Å². The van der Waals surface area contributed by atoms with Gasteiger partial charge in [-0.15, -0.1) is 0 Å². The second kappa shape index (κ2) is 7.26. The number of hydrazone groups is 1. The zero-order valence-corrected chi connectivity index (χ0v) is 15.1. The van der Waals surface area contributed by atoms with Crippen molar-refractivity contribution in [2.75, 3.05) is 23.4 Å². The molecule has 0 atom stereocenters. The Balaban J connectivity index is 1.58. The van der Waals surface area contributed by atoms with Gasteiger partial charge in [0.1, 0.15) is 5.69 Å². The van der Waals surface area contributed by atoms with E-state index < -0.39 is 9.85 Å². The number of benzene rings is 2. The minimum Gasteiger partial charge on any atom is -0.371 e. The summed E-state index contributed by atoms with van der Waals surface area (Å²) in [5.74, 6) is 0. The van der Waals surface area contributed by atoms with Gasteiger partial charge in [-0.3, -0.25) is 25.7 Å². The molecule has 2 aliphatic rings. The number of nitrogens with one attached hydrogen (secondary N) is 1. The van der Waals surface area contributed by atoms with Crippen LogP contribution < -0.4 is 10.3 Å². The van der Waals surface area contributed by atoms with Crippen LogP contribution in [-0.2, 0) is 12.8 Å². The molecule has 9 heteroatoms. The molecule has 2 aliphatic heterocycles. The van der Waals surface area contributed by atoms with E-state index in [9.17, 15) is 20.2 Å². The van der Waals surface area contributed by atoms with Crippen molar-refractivity contribution >= 4 is 29.0 Å². The smallest absolute Gasteiger partial charge is 0.301 e. The largest absolute Gasteiger partial charge is 0.371 e. The molecule has 0 aromatic heterocycles. The van der Waals surface area contributed by atoms with E-state index in [1.807, 2.05) is 0 Å². The number of rotatable bonds is 5. The zero-order valence-electron chi connectivity index (χ0n) is 15.1. The van der Waals surface area contributed by atoms with Crippen LogP contribution in [0.3, 0.4) is 0 Å². The van der Waals surface area contributed by atoms with Gasteiger partial charge in [-0.05, 0) is 60.6 Å². The monoisotopic (exact) mass is 381 g/mol. The van der Waals surface area contributed by atoms with Gasteiger partial charge in [0.15, 0.2) is 0 Å². The van der Waals surface area contributed by atoms with E-state index in [0.29, 0.717) is 0 Å². The van der Waals surface area contributed by atoms with Crippen LogP contribution in [0.1, 0.15) is 29.5 Å². The van der Waals surface area contributed by atoms with Gasteiger partial charge in [0.05, 0.1) is 22.1 Å². The number of aryl methyl sites for hydroxylation is 2. The molecule has 144 valence electrons. The van der Waals surface area contributed by atoms with Crippen molar-refractivity contribution in [2.24, 2.45) is 5.10 Å². The highest BCUT2D eigenvalue weighted by Crippen LogP contribution is 2.36. The number of hydrogen-bond acceptors (Lipinski definition) is 7. The van der Waals surface area contributed by atoms with Crippen molar-refractivity contribution < 1.29 is 9.85 Å². The number of nitro groups is 2. The lowest BCUT2D eigenvalue weighted by Gasteiger charge is -2.37. The molecule has 0 radical (unpaired) electrons. The van der Waals surface area contributed by atoms with Crippen molar-refractivity contribution in [1.82, 2.24) is 0 Å². The van der Waals surface area contributed by atoms with Gasteiger partial charge in [0.2, 0.25) is 0 Å². The van der Waals surface area contributed by atoms with E-state index in [1.165, 1.54) is 28.9 Å². The molecule has 1 N–H and O–H groups in total. The Morgan fingerprint density at radius 3 is 2.29 bits per heavy atom. The van der Waals surface area contributed by atoms with E-state index in [2.05, 4.69) is 27.6 Å². The molecule has 0 saturated carbocycles. The summed E-state index contributed by atoms with van der Waals surface area (Å²) in [5, 5.41) is 26.1. The van der Waals surface area contributed by atoms with E-state index in [-0.39, 0.29) is 17.1 Å². The fourth-order valence-corrected chi connectivity index (χ4v) is 3.96. The highest BCUT2D eigenvalue weighted by Gasteiger charge is 2.24. The topological polar surface area (TPSA) is 114 Å². The summed E-state index contributed by atoms with van der Waals surface area (Å²) in [4.78, 5) is 23.1. The predicted molar refractivity (Wildman–Crippen MR) is 106 cm³/mol. The molecule has 0 aliphatic carbocycles. The summed E-state index contributed by atoms with van der Waals surface area (Å²) in [6, 6.07) is 7.66. The molecule has 0 fully saturated rings. The summed E-state index contributed by atoms with van der Waals surface area (Å²) < 4.78 is 0. The van der Waals surface area contributed by atoms with Crippen LogP contribution in [0.4, 0.5) is 22.7 Å². The Kier molecular flexibility index (Phi) is 4.64. The fraction of sp³-hybridized carbons (Fsp3) is 0.316. The van der Waals surface area contributed by atoms with Gasteiger partial charge in [0.25, 0.3) is 5.69 Å². The van der Waals surface area contributed by atoms with E-state index in [1.54, 1.807) is 6.21 Å². The second-order valence-corrected chi connectivity index (χ2v) is 6.97. The molecule has 28 heavy (non-hydrogen) atoms. The molecule has 0 unspecified atom stereocenters. The van der Waals surface area contributed by atoms with Crippen molar-refractivity contribution in [1.29, 1.82) is 0 Å². The molecule has 0 amide bonds. The van der Waals surface area contributed by atoms with Crippen LogP contribution in [-0.4, -0.2) is 29.2 Å². The third-order valence-electron chi connectivity index (χ3n) is 5.14. The lowest BCUT2D eigenvalue weighted by molar-refractivity contribution is -0.393. The Morgan fingerprint density at radius 1 is 1.00 bits per heavy atom. The number of nitrogens with zero attached hydrogens (tertiary/aromatic N) is 4. The van der Waals surface area contributed by atoms with Crippen LogP contribution in [0.25, 0.3) is 0 Å². The number of hydrogen-bond donors (Lipinski definition) is 1. The molecular weight excluding hydrogens is 362 g/mol. The second-order valence-electron chi connectivity index (χ2n) is 6.97. The van der Waals surface area contributed by atoms with Crippen molar-refractivity contribution in [2.45, 2.75) is 25.7 Å². The molecule has 2 heterocycles. The van der Waals surface area contributed by atoms with Gasteiger partial charge >= 0.3 is 5.69 Å². The standard InChI is InChI=1S/C19H19N5O4/c25-23(26)16-5-6-17(18(11-16)24(27)28)21-20-12-13-9-14-3-1-7-22-8-2-4-15(10-13)19(14)22/h5-6,9-12,21H,1-4,7-8H2/b20-12+. The molecular formula is C19H19N5O4. The summed E-state index contributed by atoms with van der Waals surface area (Å²) in [6.45, 7) is 2.22. The number of anilines is 2. The molecule has 9 nitrogen and oxygen atoms in total. The number of nitro benzene ring substituents is 2. The predicted octanol–water partition coefficient (Wildman–Crippen LogP) is 3.65. The SMILES string of the molecule is O=[N+]([O-])c1ccc(N/N=C/c2cc3c4c(c2)CCCN4CCC3)c([N+](=O)[O-])c1. The maximum Gasteiger partial charge on any atom is 0.301 e. The lowest BCUT2D eigenvalue weighted by Crippen LogP contribution is -2.34. The van der Waals surface area contributed by atoms with Crippen LogP contribution in [0, 0.1) is 20.2 Å². The first-order valence-corrected chi connectivity index (χ1v) is 9.15. The van der Waals surface area contributed by atoms with Gasteiger partial charge in [-0.2, -0.15) is 5.10 Å². The molecule has 4 rings (SSSR count). The maximum atomic E-state index is 11.2. The Morgan fingerprint density at radius 2 is 1.68 bits per heavy atom. The molecule has 0 bridgehead atoms. The van der Waals surface area contributed by atoms with E-state index in [4.69, 9.17) is 0 Å². The van der Waals surface area contributed by atoms with Crippen LogP contribution in [0.5, 0.6) is 0 Å². The summed E-state index contributed by atoms with van der Waals surface area (Å²) in [5.41, 5.74) is 6.99. The average Bonchev–Trinajstić information content (AvgIpc) is 2.68. The van der Waals surface area contributed by atoms with Crippen molar-refractivity contribution in [3.63, 3.8) is 0 Å². The van der Waals surface area contributed by atoms with E-state index in [0.717, 1.165) is 50.4 Å². The summed E-state index contributed by atoms with van der Waals surface area (Å²) >= 11 is 0. The van der Waals surface area contributed by atoms with Crippen molar-refractivity contribution in [3.8, 4) is 0 Å². The third kappa shape index (κ3) is 3.38. The fourth-order valence-electron chi connectivity index (χ4n) is 3.96. The molecule has 0 saturated heterocycles. The van der Waals surface area contributed by atoms with Gasteiger partial charge in [-0.25, -0.2) is 0 Å². The molecule has 2 aromatic carbocycles. The summed E-state index contributed by atoms with van der Waals surface area (Å²) in [7, 11) is 0. The van der Waals surface area contributed by atoms with E-state index >= 15 is 0 Å². The minimum atomic E-state index is -0.665. The van der Waals surface area contributed by atoms with Gasteiger partial charge < -0.3 is 4.90 Å². The third-order valence-corrected chi connectivity index (χ3v) is 5.14. The van der Waals surface area contributed by atoms with Crippen LogP contribution in [0.15, 0.2) is 35.4 Å². The van der Waals surface area contributed by atoms with Gasteiger partial charge in [0, 0.05) is 24.8 Å². The first-order valence-electron chi connectivity index (χ1n) is 9.15. The average molecular weight is 381 g/mol. The first-order chi connectivity index (χ1) is 13.5. The number of non-ortho nitro benzene ring substituents is 1. The first kappa shape index (κ1) is 17.9. The molecule has 0 spiro atoms. The molecule has 2 aromatic rings. The summed E-state index contributed by atoms with van der Waals surface area (Å²) in [6.07, 6.45) is 6.00. The lowest BCUT2D eigenvalue weighted by atomic mass is 9.90. The Hall–Kier alpha value is -3.49. The highest BCUT2D eigenvalue weighted by atomic mass is 16.6. The Labute approximate surface area is 161 Å². The van der Waals surface area contributed by atoms with Crippen LogP contribution >= 0.6 is 0 Å². The normalized spacial score (nSPS) is 15.4. The highest BCUT2D eigenvalue weighted by molar-refractivity contribution is 5.83. The quantitative estimate of drug-likeness (QED) is 0.480.